The molecule has 0 bridgehead atoms. The second-order valence-electron chi connectivity index (χ2n) is 8.69. The summed E-state index contributed by atoms with van der Waals surface area (Å²) in [5, 5.41) is 14.7. The number of piperidine rings is 2. The number of hydrogen-bond acceptors (Lipinski definition) is 6. The summed E-state index contributed by atoms with van der Waals surface area (Å²) in [7, 11) is -3.78. The molecular weight excluding hydrogens is 422 g/mol. The molecule has 4 rings (SSSR count). The number of rotatable bonds is 5. The van der Waals surface area contributed by atoms with E-state index < -0.39 is 14.9 Å². The molecule has 3 heterocycles. The summed E-state index contributed by atoms with van der Waals surface area (Å²) < 4.78 is 27.6. The van der Waals surface area contributed by atoms with Crippen LogP contribution in [0.25, 0.3) is 0 Å². The third-order valence-corrected chi connectivity index (χ3v) is 8.33. The van der Waals surface area contributed by atoms with Crippen LogP contribution in [0.1, 0.15) is 32.6 Å². The Morgan fingerprint density at radius 2 is 1.90 bits per heavy atom. The van der Waals surface area contributed by atoms with Crippen molar-refractivity contribution in [2.45, 2.75) is 43.5 Å². The fraction of sp³-hybridized carbons (Fsp3) is 0.650. The third kappa shape index (κ3) is 4.33. The van der Waals surface area contributed by atoms with E-state index in [0.29, 0.717) is 45.0 Å². The number of hydrogen-bond donors (Lipinski definition) is 1. The number of benzene rings is 1. The van der Waals surface area contributed by atoms with Crippen molar-refractivity contribution in [1.29, 1.82) is 0 Å². The number of nitrogens with one attached hydrogen (secondary N) is 1. The summed E-state index contributed by atoms with van der Waals surface area (Å²) in [6, 6.07) is 4.09. The quantitative estimate of drug-likeness (QED) is 0.541. The van der Waals surface area contributed by atoms with Crippen LogP contribution in [0.15, 0.2) is 23.1 Å². The van der Waals surface area contributed by atoms with E-state index in [1.165, 1.54) is 16.4 Å². The second-order valence-corrected chi connectivity index (χ2v) is 10.6. The zero-order valence-electron chi connectivity index (χ0n) is 17.7. The van der Waals surface area contributed by atoms with Gasteiger partial charge < -0.3 is 15.1 Å². The Bertz CT molecular complexity index is 969. The topological polar surface area (TPSA) is 116 Å². The molecule has 0 spiro atoms. The highest BCUT2D eigenvalue weighted by Crippen LogP contribution is 2.35. The maximum absolute atomic E-state index is 13.1. The Balaban J connectivity index is 1.60. The minimum atomic E-state index is -3.78. The smallest absolute Gasteiger partial charge is 0.317 e. The van der Waals surface area contributed by atoms with Crippen LogP contribution in [0.2, 0.25) is 0 Å². The van der Waals surface area contributed by atoms with Crippen LogP contribution < -0.4 is 10.2 Å². The molecule has 0 saturated carbocycles. The van der Waals surface area contributed by atoms with Gasteiger partial charge in [0, 0.05) is 45.3 Å². The average Bonchev–Trinajstić information content (AvgIpc) is 3.19. The fourth-order valence-electron chi connectivity index (χ4n) is 4.85. The molecule has 3 saturated heterocycles. The maximum atomic E-state index is 13.1. The van der Waals surface area contributed by atoms with E-state index in [1.807, 2.05) is 11.8 Å². The molecular formula is C20H29N5O5S. The zero-order chi connectivity index (χ0) is 22.2. The predicted molar refractivity (Wildman–Crippen MR) is 116 cm³/mol. The largest absolute Gasteiger partial charge is 0.364 e. The van der Waals surface area contributed by atoms with Gasteiger partial charge in [0.1, 0.15) is 5.69 Å². The van der Waals surface area contributed by atoms with E-state index in [0.717, 1.165) is 25.7 Å². The lowest BCUT2D eigenvalue weighted by molar-refractivity contribution is -0.384. The molecule has 1 N–H and O–H groups in total. The molecule has 3 aliphatic heterocycles. The van der Waals surface area contributed by atoms with Crippen molar-refractivity contribution in [3.8, 4) is 0 Å². The van der Waals surface area contributed by atoms with E-state index in [-0.39, 0.29) is 28.6 Å². The molecule has 31 heavy (non-hydrogen) atoms. The summed E-state index contributed by atoms with van der Waals surface area (Å²) in [5.41, 5.74) is 0.193. The van der Waals surface area contributed by atoms with E-state index in [2.05, 4.69) is 5.32 Å². The summed E-state index contributed by atoms with van der Waals surface area (Å²) in [4.78, 5) is 27.0. The molecule has 0 aromatic heterocycles. The lowest BCUT2D eigenvalue weighted by Gasteiger charge is -2.38. The van der Waals surface area contributed by atoms with E-state index in [9.17, 15) is 23.3 Å². The molecule has 3 aliphatic rings. The first-order valence-electron chi connectivity index (χ1n) is 10.9. The lowest BCUT2D eigenvalue weighted by atomic mass is 10.0. The molecule has 170 valence electrons. The second kappa shape index (κ2) is 8.62. The number of urea groups is 1. The van der Waals surface area contributed by atoms with Crippen LogP contribution in [-0.4, -0.2) is 73.9 Å². The molecule has 1 aromatic carbocycles. The van der Waals surface area contributed by atoms with E-state index >= 15 is 0 Å². The number of anilines is 1. The highest BCUT2D eigenvalue weighted by atomic mass is 32.2. The monoisotopic (exact) mass is 451 g/mol. The van der Waals surface area contributed by atoms with Crippen LogP contribution in [0, 0.1) is 16.0 Å². The Morgan fingerprint density at radius 1 is 1.13 bits per heavy atom. The van der Waals surface area contributed by atoms with Gasteiger partial charge in [0.05, 0.1) is 15.9 Å². The van der Waals surface area contributed by atoms with Gasteiger partial charge in [-0.1, -0.05) is 6.92 Å². The van der Waals surface area contributed by atoms with Crippen LogP contribution in [0.3, 0.4) is 0 Å². The van der Waals surface area contributed by atoms with Gasteiger partial charge in [0.2, 0.25) is 10.0 Å². The molecule has 11 heteroatoms. The average molecular weight is 452 g/mol. The van der Waals surface area contributed by atoms with Crippen molar-refractivity contribution in [1.82, 2.24) is 14.5 Å². The van der Waals surface area contributed by atoms with Crippen molar-refractivity contribution in [2.24, 2.45) is 5.92 Å². The first-order chi connectivity index (χ1) is 14.8. The van der Waals surface area contributed by atoms with Gasteiger partial charge >= 0.3 is 6.03 Å². The van der Waals surface area contributed by atoms with E-state index in [1.54, 1.807) is 11.0 Å². The number of nitro benzene ring substituents is 1. The Kier molecular flexibility index (Phi) is 6.07. The molecule has 3 fully saturated rings. The minimum absolute atomic E-state index is 0.0194. The summed E-state index contributed by atoms with van der Waals surface area (Å²) >= 11 is 0. The fourth-order valence-corrected chi connectivity index (χ4v) is 6.47. The van der Waals surface area contributed by atoms with Crippen LogP contribution in [0.5, 0.6) is 0 Å². The zero-order valence-corrected chi connectivity index (χ0v) is 18.5. The first-order valence-corrected chi connectivity index (χ1v) is 12.3. The normalized spacial score (nSPS) is 25.5. The molecule has 0 radical (unpaired) electrons. The van der Waals surface area contributed by atoms with Crippen molar-refractivity contribution < 1.29 is 18.1 Å². The van der Waals surface area contributed by atoms with Crippen molar-refractivity contribution in [2.75, 3.05) is 44.2 Å². The standard InChI is InChI=1S/C20H29N5O5S/c1-15-4-2-10-23(13-15)31(29,30)17-6-7-18(19(12-17)25(27)28)22-9-3-5-16(14-22)24-11-8-21-20(24)26/h6-7,12,15-16H,2-5,8-11,13-14H2,1H3,(H,21,26)/t15-,16+/m0/s1. The van der Waals surface area contributed by atoms with Gasteiger partial charge in [0.15, 0.2) is 0 Å². The maximum Gasteiger partial charge on any atom is 0.317 e. The van der Waals surface area contributed by atoms with Gasteiger partial charge in [-0.3, -0.25) is 10.1 Å². The number of nitro groups is 1. The summed E-state index contributed by atoms with van der Waals surface area (Å²) in [5.74, 6) is 0.269. The Hall–Kier alpha value is -2.40. The van der Waals surface area contributed by atoms with Crippen LogP contribution in [-0.2, 0) is 10.0 Å². The number of sulfonamides is 1. The summed E-state index contributed by atoms with van der Waals surface area (Å²) in [6.45, 7) is 5.24. The summed E-state index contributed by atoms with van der Waals surface area (Å²) in [6.07, 6.45) is 3.42. The van der Waals surface area contributed by atoms with E-state index in [4.69, 9.17) is 0 Å². The van der Waals surface area contributed by atoms with Gasteiger partial charge in [-0.05, 0) is 43.7 Å². The van der Waals surface area contributed by atoms with Gasteiger partial charge in [-0.15, -0.1) is 0 Å². The SMILES string of the molecule is C[C@H]1CCCN(S(=O)(=O)c2ccc(N3CCC[C@@H](N4CCNC4=O)C3)c([N+](=O)[O-])c2)C1. The first kappa shape index (κ1) is 21.8. The van der Waals surface area contributed by atoms with Crippen LogP contribution >= 0.6 is 0 Å². The number of amides is 2. The highest BCUT2D eigenvalue weighted by molar-refractivity contribution is 7.89. The van der Waals surface area contributed by atoms with Gasteiger partial charge in [-0.25, -0.2) is 13.2 Å². The minimum Gasteiger partial charge on any atom is -0.364 e. The molecule has 0 aliphatic carbocycles. The number of carbonyl (C=O) groups excluding carboxylic acids is 1. The van der Waals surface area contributed by atoms with Gasteiger partial charge in [-0.2, -0.15) is 4.31 Å². The van der Waals surface area contributed by atoms with Crippen molar-refractivity contribution in [3.05, 3.63) is 28.3 Å². The lowest BCUT2D eigenvalue weighted by Crippen LogP contribution is -2.49. The third-order valence-electron chi connectivity index (χ3n) is 6.47. The molecule has 0 unspecified atom stereocenters. The number of carbonyl (C=O) groups is 1. The van der Waals surface area contributed by atoms with Crippen molar-refractivity contribution >= 4 is 27.4 Å². The van der Waals surface area contributed by atoms with Crippen LogP contribution in [0.4, 0.5) is 16.2 Å². The molecule has 2 amide bonds. The Morgan fingerprint density at radius 3 is 2.58 bits per heavy atom. The Labute approximate surface area is 182 Å². The van der Waals surface area contributed by atoms with Crippen molar-refractivity contribution in [3.63, 3.8) is 0 Å². The van der Waals surface area contributed by atoms with Gasteiger partial charge in [0.25, 0.3) is 5.69 Å². The molecule has 1 aromatic rings. The molecule has 10 nitrogen and oxygen atoms in total. The molecule has 2 atom stereocenters. The number of nitrogens with zero attached hydrogens (tertiary/aromatic N) is 4. The predicted octanol–water partition coefficient (Wildman–Crippen LogP) is 2.01. The highest BCUT2D eigenvalue weighted by Gasteiger charge is 2.35.